The fraction of sp³-hybridized carbons (Fsp3) is 0.412. The van der Waals surface area contributed by atoms with E-state index in [1.54, 1.807) is 0 Å². The SMILES string of the molecule is O=C(NC1CN2CCC1CC2)c1cnc(-c2c(F)cccc2F)s1. The Morgan fingerprint density at radius 1 is 1.25 bits per heavy atom. The summed E-state index contributed by atoms with van der Waals surface area (Å²) in [5.41, 5.74) is -0.176. The molecule has 3 saturated heterocycles. The number of fused-ring (bicyclic) bond motifs is 3. The number of hydrogen-bond acceptors (Lipinski definition) is 4. The summed E-state index contributed by atoms with van der Waals surface area (Å²) in [5, 5.41) is 3.25. The van der Waals surface area contributed by atoms with Gasteiger partial charge in [-0.15, -0.1) is 11.3 Å². The Labute approximate surface area is 142 Å². The highest BCUT2D eigenvalue weighted by Gasteiger charge is 2.35. The molecule has 1 aromatic carbocycles. The highest BCUT2D eigenvalue weighted by Crippen LogP contribution is 2.31. The molecule has 0 spiro atoms. The first-order chi connectivity index (χ1) is 11.6. The van der Waals surface area contributed by atoms with Crippen LogP contribution in [0, 0.1) is 17.6 Å². The van der Waals surface area contributed by atoms with Crippen LogP contribution in [0.5, 0.6) is 0 Å². The van der Waals surface area contributed by atoms with Crippen LogP contribution in [0.15, 0.2) is 24.4 Å². The number of piperidine rings is 3. The number of benzene rings is 1. The minimum absolute atomic E-state index is 0.149. The molecule has 1 unspecified atom stereocenters. The zero-order valence-corrected chi connectivity index (χ0v) is 13.8. The molecule has 3 aliphatic rings. The molecule has 2 aromatic rings. The van der Waals surface area contributed by atoms with Crippen molar-refractivity contribution in [3.05, 3.63) is 40.9 Å². The van der Waals surface area contributed by atoms with Gasteiger partial charge in [0.2, 0.25) is 0 Å². The van der Waals surface area contributed by atoms with Crippen LogP contribution < -0.4 is 5.32 Å². The average Bonchev–Trinajstić information content (AvgIpc) is 3.05. The van der Waals surface area contributed by atoms with E-state index in [0.717, 1.165) is 43.8 Å². The summed E-state index contributed by atoms with van der Waals surface area (Å²) < 4.78 is 27.7. The molecule has 4 nitrogen and oxygen atoms in total. The van der Waals surface area contributed by atoms with Crippen LogP contribution in [-0.4, -0.2) is 41.5 Å². The zero-order valence-electron chi connectivity index (χ0n) is 13.0. The normalized spacial score (nSPS) is 25.7. The number of rotatable bonds is 3. The Hall–Kier alpha value is -1.86. The van der Waals surface area contributed by atoms with E-state index in [2.05, 4.69) is 15.2 Å². The smallest absolute Gasteiger partial charge is 0.263 e. The third-order valence-electron chi connectivity index (χ3n) is 4.88. The second kappa shape index (κ2) is 6.22. The predicted molar refractivity (Wildman–Crippen MR) is 87.9 cm³/mol. The molecule has 1 amide bonds. The van der Waals surface area contributed by atoms with Gasteiger partial charge in [-0.2, -0.15) is 0 Å². The lowest BCUT2D eigenvalue weighted by molar-refractivity contribution is 0.0622. The second-order valence-corrected chi connectivity index (χ2v) is 7.37. The van der Waals surface area contributed by atoms with E-state index in [4.69, 9.17) is 0 Å². The van der Waals surface area contributed by atoms with Crippen LogP contribution in [0.25, 0.3) is 10.6 Å². The van der Waals surface area contributed by atoms with Crippen molar-refractivity contribution in [2.75, 3.05) is 19.6 Å². The number of nitrogens with zero attached hydrogens (tertiary/aromatic N) is 2. The van der Waals surface area contributed by atoms with E-state index < -0.39 is 11.6 Å². The van der Waals surface area contributed by atoms with E-state index in [9.17, 15) is 13.6 Å². The maximum absolute atomic E-state index is 13.8. The Bertz CT molecular complexity index is 751. The third kappa shape index (κ3) is 2.82. The molecule has 4 heterocycles. The molecule has 24 heavy (non-hydrogen) atoms. The van der Waals surface area contributed by atoms with Crippen molar-refractivity contribution in [3.63, 3.8) is 0 Å². The molecule has 3 aliphatic heterocycles. The molecular weight excluding hydrogens is 332 g/mol. The summed E-state index contributed by atoms with van der Waals surface area (Å²) in [4.78, 5) is 19.2. The molecule has 1 aromatic heterocycles. The highest BCUT2D eigenvalue weighted by atomic mass is 32.1. The van der Waals surface area contributed by atoms with Crippen molar-refractivity contribution < 1.29 is 13.6 Å². The van der Waals surface area contributed by atoms with Crippen molar-refractivity contribution in [1.29, 1.82) is 0 Å². The van der Waals surface area contributed by atoms with Gasteiger partial charge in [0.1, 0.15) is 21.5 Å². The summed E-state index contributed by atoms with van der Waals surface area (Å²) >= 11 is 1.01. The molecule has 126 valence electrons. The minimum Gasteiger partial charge on any atom is -0.347 e. The first kappa shape index (κ1) is 15.7. The molecule has 1 N–H and O–H groups in total. The molecule has 0 radical (unpaired) electrons. The van der Waals surface area contributed by atoms with Gasteiger partial charge in [-0.25, -0.2) is 13.8 Å². The van der Waals surface area contributed by atoms with Gasteiger partial charge in [-0.1, -0.05) is 6.07 Å². The van der Waals surface area contributed by atoms with Crippen molar-refractivity contribution in [2.45, 2.75) is 18.9 Å². The summed E-state index contributed by atoms with van der Waals surface area (Å²) in [7, 11) is 0. The first-order valence-corrected chi connectivity index (χ1v) is 8.87. The molecule has 0 saturated carbocycles. The number of carbonyl (C=O) groups is 1. The molecular formula is C17H17F2N3OS. The Kier molecular flexibility index (Phi) is 4.05. The second-order valence-electron chi connectivity index (χ2n) is 6.34. The van der Waals surface area contributed by atoms with Crippen LogP contribution in [0.4, 0.5) is 8.78 Å². The Balaban J connectivity index is 1.51. The fourth-order valence-corrected chi connectivity index (χ4v) is 4.43. The molecule has 1 atom stereocenters. The highest BCUT2D eigenvalue weighted by molar-refractivity contribution is 7.16. The van der Waals surface area contributed by atoms with Crippen LogP contribution in [0.3, 0.4) is 0 Å². The summed E-state index contributed by atoms with van der Waals surface area (Å²) in [6, 6.07) is 3.83. The van der Waals surface area contributed by atoms with Gasteiger partial charge >= 0.3 is 0 Å². The molecule has 7 heteroatoms. The van der Waals surface area contributed by atoms with Gasteiger partial charge < -0.3 is 10.2 Å². The third-order valence-corrected chi connectivity index (χ3v) is 5.89. The summed E-state index contributed by atoms with van der Waals surface area (Å²) in [6.07, 6.45) is 3.61. The number of amides is 1. The van der Waals surface area contributed by atoms with Gasteiger partial charge in [0.25, 0.3) is 5.91 Å². The molecule has 0 aliphatic carbocycles. The Morgan fingerprint density at radius 2 is 1.96 bits per heavy atom. The van der Waals surface area contributed by atoms with Crippen LogP contribution in [0.2, 0.25) is 0 Å². The quantitative estimate of drug-likeness (QED) is 0.927. The van der Waals surface area contributed by atoms with Gasteiger partial charge in [0, 0.05) is 12.6 Å². The van der Waals surface area contributed by atoms with E-state index in [-0.39, 0.29) is 22.5 Å². The summed E-state index contributed by atoms with van der Waals surface area (Å²) in [6.45, 7) is 3.09. The van der Waals surface area contributed by atoms with Gasteiger partial charge in [-0.05, 0) is 44.0 Å². The van der Waals surface area contributed by atoms with E-state index in [1.165, 1.54) is 24.4 Å². The number of carbonyl (C=O) groups excluding carboxylic acids is 1. The maximum atomic E-state index is 13.8. The van der Waals surface area contributed by atoms with Crippen LogP contribution in [-0.2, 0) is 0 Å². The molecule has 3 fully saturated rings. The summed E-state index contributed by atoms with van der Waals surface area (Å²) in [5.74, 6) is -1.04. The van der Waals surface area contributed by atoms with E-state index in [0.29, 0.717) is 10.8 Å². The lowest BCUT2D eigenvalue weighted by Crippen LogP contribution is -2.57. The van der Waals surface area contributed by atoms with Crippen molar-refractivity contribution in [3.8, 4) is 10.6 Å². The van der Waals surface area contributed by atoms with Gasteiger partial charge in [-0.3, -0.25) is 4.79 Å². The van der Waals surface area contributed by atoms with Crippen LogP contribution >= 0.6 is 11.3 Å². The van der Waals surface area contributed by atoms with Crippen LogP contribution in [0.1, 0.15) is 22.5 Å². The number of nitrogens with one attached hydrogen (secondary N) is 1. The standard InChI is InChI=1S/C17H17F2N3OS/c18-11-2-1-3-12(19)15(11)17-20-8-14(24-17)16(23)21-13-9-22-6-4-10(13)5-7-22/h1-3,8,10,13H,4-7,9H2,(H,21,23). The Morgan fingerprint density at radius 3 is 2.58 bits per heavy atom. The van der Waals surface area contributed by atoms with E-state index in [1.807, 2.05) is 0 Å². The number of hydrogen-bond donors (Lipinski definition) is 1. The van der Waals surface area contributed by atoms with Gasteiger partial charge in [0.05, 0.1) is 11.8 Å². The minimum atomic E-state index is -0.673. The zero-order chi connectivity index (χ0) is 16.7. The fourth-order valence-electron chi connectivity index (χ4n) is 3.56. The number of thiazole rings is 1. The van der Waals surface area contributed by atoms with Gasteiger partial charge in [0.15, 0.2) is 0 Å². The lowest BCUT2D eigenvalue weighted by Gasteiger charge is -2.44. The lowest BCUT2D eigenvalue weighted by atomic mass is 9.84. The molecule has 2 bridgehead atoms. The molecule has 5 rings (SSSR count). The first-order valence-electron chi connectivity index (χ1n) is 8.05. The van der Waals surface area contributed by atoms with Crippen molar-refractivity contribution in [2.24, 2.45) is 5.92 Å². The number of aromatic nitrogens is 1. The maximum Gasteiger partial charge on any atom is 0.263 e. The van der Waals surface area contributed by atoms with E-state index >= 15 is 0 Å². The van der Waals surface area contributed by atoms with Crippen molar-refractivity contribution in [1.82, 2.24) is 15.2 Å². The van der Waals surface area contributed by atoms with Crippen molar-refractivity contribution >= 4 is 17.2 Å². The largest absolute Gasteiger partial charge is 0.347 e. The number of halogens is 2. The topological polar surface area (TPSA) is 45.2 Å². The predicted octanol–water partition coefficient (Wildman–Crippen LogP) is 2.91. The average molecular weight is 349 g/mol. The monoisotopic (exact) mass is 349 g/mol.